The lowest BCUT2D eigenvalue weighted by molar-refractivity contribution is 0.0921. The van der Waals surface area contributed by atoms with Crippen LogP contribution in [-0.2, 0) is 0 Å². The number of rotatable bonds is 5. The van der Waals surface area contributed by atoms with E-state index in [1.54, 1.807) is 24.3 Å². The van der Waals surface area contributed by atoms with Gasteiger partial charge in [0, 0.05) is 24.6 Å². The van der Waals surface area contributed by atoms with Crippen LogP contribution in [0.25, 0.3) is 0 Å². The molecular weight excluding hydrogens is 354 g/mol. The zero-order valence-corrected chi connectivity index (χ0v) is 15.2. The molecule has 0 spiro atoms. The lowest BCUT2D eigenvalue weighted by Gasteiger charge is -2.33. The van der Waals surface area contributed by atoms with Crippen LogP contribution in [0.15, 0.2) is 36.4 Å². The van der Waals surface area contributed by atoms with E-state index in [-0.39, 0.29) is 17.9 Å². The fourth-order valence-corrected chi connectivity index (χ4v) is 3.38. The normalized spacial score (nSPS) is 19.4. The lowest BCUT2D eigenvalue weighted by atomic mass is 9.85. The van der Waals surface area contributed by atoms with Gasteiger partial charge in [-0.1, -0.05) is 6.07 Å². The Morgan fingerprint density at radius 3 is 2.63 bits per heavy atom. The Morgan fingerprint density at radius 2 is 1.93 bits per heavy atom. The maximum atomic E-state index is 13.7. The highest BCUT2D eigenvalue weighted by molar-refractivity contribution is 5.97. The van der Waals surface area contributed by atoms with E-state index in [9.17, 15) is 13.6 Å². The van der Waals surface area contributed by atoms with Crippen LogP contribution in [0.4, 0.5) is 8.78 Å². The van der Waals surface area contributed by atoms with Crippen molar-refractivity contribution in [1.82, 2.24) is 10.6 Å². The third kappa shape index (κ3) is 4.19. The fraction of sp³-hybridized carbons (Fsp3) is 0.350. The maximum absolute atomic E-state index is 13.7. The van der Waals surface area contributed by atoms with Crippen LogP contribution in [0.5, 0.6) is 11.5 Å². The summed E-state index contributed by atoms with van der Waals surface area (Å²) in [5.74, 6) is -1.18. The standard InChI is InChI=1S/C20H22F2N2O3/c1-26-13-4-5-15(19(10-13)27-2)20(25)24-18-11-23-8-7-14(18)12-3-6-16(21)17(22)9-12/h3-6,9-10,14,18,23H,7-8,11H2,1-2H3,(H,24,25). The summed E-state index contributed by atoms with van der Waals surface area (Å²) in [4.78, 5) is 12.8. The molecule has 1 heterocycles. The van der Waals surface area contributed by atoms with Crippen molar-refractivity contribution in [3.8, 4) is 11.5 Å². The monoisotopic (exact) mass is 376 g/mol. The molecule has 7 heteroatoms. The third-order valence-corrected chi connectivity index (χ3v) is 4.82. The minimum Gasteiger partial charge on any atom is -0.497 e. The smallest absolute Gasteiger partial charge is 0.255 e. The summed E-state index contributed by atoms with van der Waals surface area (Å²) in [6.07, 6.45) is 0.704. The first-order valence-electron chi connectivity index (χ1n) is 8.72. The van der Waals surface area contributed by atoms with Crippen molar-refractivity contribution < 1.29 is 23.0 Å². The number of amides is 1. The van der Waals surface area contributed by atoms with Crippen molar-refractivity contribution in [3.63, 3.8) is 0 Å². The van der Waals surface area contributed by atoms with Crippen LogP contribution in [0.3, 0.4) is 0 Å². The van der Waals surface area contributed by atoms with Crippen molar-refractivity contribution >= 4 is 5.91 Å². The van der Waals surface area contributed by atoms with E-state index in [4.69, 9.17) is 9.47 Å². The molecule has 0 bridgehead atoms. The molecule has 1 fully saturated rings. The summed E-state index contributed by atoms with van der Waals surface area (Å²) >= 11 is 0. The second-order valence-corrected chi connectivity index (χ2v) is 6.42. The van der Waals surface area contributed by atoms with Crippen LogP contribution in [0.1, 0.15) is 28.3 Å². The number of hydrogen-bond acceptors (Lipinski definition) is 4. The Kier molecular flexibility index (Phi) is 5.91. The molecule has 1 amide bonds. The summed E-state index contributed by atoms with van der Waals surface area (Å²) in [5, 5.41) is 6.22. The molecular formula is C20H22F2N2O3. The molecule has 0 saturated carbocycles. The van der Waals surface area contributed by atoms with Gasteiger partial charge in [-0.25, -0.2) is 8.78 Å². The Morgan fingerprint density at radius 1 is 1.11 bits per heavy atom. The van der Waals surface area contributed by atoms with E-state index in [0.717, 1.165) is 12.6 Å². The Hall–Kier alpha value is -2.67. The summed E-state index contributed by atoms with van der Waals surface area (Å²) in [5.41, 5.74) is 1.05. The molecule has 3 rings (SSSR count). The van der Waals surface area contributed by atoms with Gasteiger partial charge in [-0.3, -0.25) is 4.79 Å². The van der Waals surface area contributed by atoms with Crippen molar-refractivity contribution in [2.75, 3.05) is 27.3 Å². The first-order valence-corrected chi connectivity index (χ1v) is 8.72. The largest absolute Gasteiger partial charge is 0.497 e. The van der Waals surface area contributed by atoms with Crippen LogP contribution < -0.4 is 20.1 Å². The average Bonchev–Trinajstić information content (AvgIpc) is 2.70. The molecule has 2 N–H and O–H groups in total. The van der Waals surface area contributed by atoms with E-state index >= 15 is 0 Å². The molecule has 27 heavy (non-hydrogen) atoms. The summed E-state index contributed by atoms with van der Waals surface area (Å²) in [7, 11) is 3.02. The quantitative estimate of drug-likeness (QED) is 0.843. The van der Waals surface area contributed by atoms with E-state index in [0.29, 0.717) is 35.6 Å². The number of carbonyl (C=O) groups is 1. The number of halogens is 2. The minimum atomic E-state index is -0.882. The van der Waals surface area contributed by atoms with Gasteiger partial charge >= 0.3 is 0 Å². The van der Waals surface area contributed by atoms with Gasteiger partial charge < -0.3 is 20.1 Å². The zero-order chi connectivity index (χ0) is 19.4. The summed E-state index contributed by atoms with van der Waals surface area (Å²) < 4.78 is 37.4. The molecule has 1 saturated heterocycles. The number of piperidine rings is 1. The maximum Gasteiger partial charge on any atom is 0.255 e. The molecule has 2 aromatic rings. The summed E-state index contributed by atoms with van der Waals surface area (Å²) in [6, 6.07) is 8.60. The fourth-order valence-electron chi connectivity index (χ4n) is 3.38. The molecule has 2 aromatic carbocycles. The molecule has 1 aliphatic heterocycles. The predicted molar refractivity (Wildman–Crippen MR) is 97.4 cm³/mol. The highest BCUT2D eigenvalue weighted by Gasteiger charge is 2.29. The third-order valence-electron chi connectivity index (χ3n) is 4.82. The SMILES string of the molecule is COc1ccc(C(=O)NC2CNCCC2c2ccc(F)c(F)c2)c(OC)c1. The molecule has 0 aliphatic carbocycles. The van der Waals surface area contributed by atoms with Gasteiger partial charge in [0.2, 0.25) is 0 Å². The second-order valence-electron chi connectivity index (χ2n) is 6.42. The van der Waals surface area contributed by atoms with Crippen molar-refractivity contribution in [2.24, 2.45) is 0 Å². The summed E-state index contributed by atoms with van der Waals surface area (Å²) in [6.45, 7) is 1.27. The van der Waals surface area contributed by atoms with Crippen LogP contribution in [-0.4, -0.2) is 39.3 Å². The topological polar surface area (TPSA) is 59.6 Å². The first kappa shape index (κ1) is 19.1. The Balaban J connectivity index is 1.81. The van der Waals surface area contributed by atoms with Gasteiger partial charge in [-0.05, 0) is 42.8 Å². The molecule has 0 aromatic heterocycles. The van der Waals surface area contributed by atoms with Crippen LogP contribution in [0, 0.1) is 11.6 Å². The molecule has 0 radical (unpaired) electrons. The van der Waals surface area contributed by atoms with Gasteiger partial charge in [0.05, 0.1) is 19.8 Å². The van der Waals surface area contributed by atoms with Crippen LogP contribution >= 0.6 is 0 Å². The molecule has 144 valence electrons. The van der Waals surface area contributed by atoms with Gasteiger partial charge in [0.15, 0.2) is 11.6 Å². The van der Waals surface area contributed by atoms with Gasteiger partial charge in [0.1, 0.15) is 11.5 Å². The highest BCUT2D eigenvalue weighted by atomic mass is 19.2. The van der Waals surface area contributed by atoms with Gasteiger partial charge in [-0.2, -0.15) is 0 Å². The molecule has 1 aliphatic rings. The van der Waals surface area contributed by atoms with Gasteiger partial charge in [0.25, 0.3) is 5.91 Å². The van der Waals surface area contributed by atoms with E-state index in [1.807, 2.05) is 0 Å². The van der Waals surface area contributed by atoms with E-state index in [1.165, 1.54) is 20.3 Å². The number of nitrogens with one attached hydrogen (secondary N) is 2. The van der Waals surface area contributed by atoms with Crippen LogP contribution in [0.2, 0.25) is 0 Å². The highest BCUT2D eigenvalue weighted by Crippen LogP contribution is 2.29. The number of ether oxygens (including phenoxy) is 2. The number of methoxy groups -OCH3 is 2. The lowest BCUT2D eigenvalue weighted by Crippen LogP contribution is -2.50. The Bertz CT molecular complexity index is 829. The predicted octanol–water partition coefficient (Wildman–Crippen LogP) is 2.86. The van der Waals surface area contributed by atoms with E-state index in [2.05, 4.69) is 10.6 Å². The molecule has 2 atom stereocenters. The molecule has 5 nitrogen and oxygen atoms in total. The number of benzene rings is 2. The van der Waals surface area contributed by atoms with Crippen molar-refractivity contribution in [1.29, 1.82) is 0 Å². The first-order chi connectivity index (χ1) is 13.0. The van der Waals surface area contributed by atoms with Gasteiger partial charge in [-0.15, -0.1) is 0 Å². The molecule has 2 unspecified atom stereocenters. The van der Waals surface area contributed by atoms with E-state index < -0.39 is 11.6 Å². The minimum absolute atomic E-state index is 0.116. The second kappa shape index (κ2) is 8.35. The zero-order valence-electron chi connectivity index (χ0n) is 15.2. The Labute approximate surface area is 156 Å². The van der Waals surface area contributed by atoms with Crippen molar-refractivity contribution in [3.05, 3.63) is 59.2 Å². The van der Waals surface area contributed by atoms with Crippen molar-refractivity contribution in [2.45, 2.75) is 18.4 Å². The number of carbonyl (C=O) groups excluding carboxylic acids is 1. The average molecular weight is 376 g/mol. The number of hydrogen-bond donors (Lipinski definition) is 2.